The highest BCUT2D eigenvalue weighted by atomic mass is 16.9. The summed E-state index contributed by atoms with van der Waals surface area (Å²) in [6, 6.07) is 6.78. The molecule has 0 radical (unpaired) electrons. The third kappa shape index (κ3) is 5.86. The summed E-state index contributed by atoms with van der Waals surface area (Å²) < 4.78 is 49.9. The van der Waals surface area contributed by atoms with Gasteiger partial charge in [-0.25, -0.2) is 0 Å². The van der Waals surface area contributed by atoms with Crippen LogP contribution in [0.25, 0.3) is 12.2 Å². The fourth-order valence-electron chi connectivity index (χ4n) is 3.82. The summed E-state index contributed by atoms with van der Waals surface area (Å²) in [7, 11) is 9.06. The molecule has 1 heterocycles. The second-order valence-corrected chi connectivity index (χ2v) is 7.76. The van der Waals surface area contributed by atoms with E-state index in [9.17, 15) is 4.79 Å². The van der Waals surface area contributed by atoms with Gasteiger partial charge in [0.25, 0.3) is 5.78 Å². The second-order valence-electron chi connectivity index (χ2n) is 7.76. The van der Waals surface area contributed by atoms with Gasteiger partial charge in [-0.05, 0) is 54.5 Å². The minimum atomic E-state index is -1.55. The summed E-state index contributed by atoms with van der Waals surface area (Å²) in [6.07, 6.45) is 3.10. The van der Waals surface area contributed by atoms with E-state index in [1.54, 1.807) is 50.3 Å². The molecule has 3 rings (SSSR count). The van der Waals surface area contributed by atoms with Gasteiger partial charge in [0.1, 0.15) is 0 Å². The number of carbonyl (C=O) groups is 1. The molecule has 10 heteroatoms. The first kappa shape index (κ1) is 27.5. The average molecular weight is 517 g/mol. The SMILES string of the molecule is CCOC1(C)OC(=Cc2cc(OC)c(OC)c(OC)c2)C(=O)C(=Cc2cc(OC)c(OC)c(OC)c2)O1. The minimum Gasteiger partial charge on any atom is -0.493 e. The van der Waals surface area contributed by atoms with Gasteiger partial charge in [-0.2, -0.15) is 0 Å². The first-order valence-corrected chi connectivity index (χ1v) is 11.4. The third-order valence-electron chi connectivity index (χ3n) is 5.41. The lowest BCUT2D eigenvalue weighted by molar-refractivity contribution is -0.343. The Kier molecular flexibility index (Phi) is 8.77. The van der Waals surface area contributed by atoms with Gasteiger partial charge in [0, 0.05) is 6.92 Å². The van der Waals surface area contributed by atoms with Crippen molar-refractivity contribution in [2.45, 2.75) is 19.8 Å². The molecule has 2 aromatic rings. The normalized spacial score (nSPS) is 19.2. The van der Waals surface area contributed by atoms with Crippen LogP contribution >= 0.6 is 0 Å². The molecule has 0 N–H and O–H groups in total. The van der Waals surface area contributed by atoms with Crippen molar-refractivity contribution >= 4 is 17.9 Å². The molecule has 1 saturated heterocycles. The van der Waals surface area contributed by atoms with E-state index in [4.69, 9.17) is 42.6 Å². The third-order valence-corrected chi connectivity index (χ3v) is 5.41. The molecule has 10 nitrogen and oxygen atoms in total. The topological polar surface area (TPSA) is 100 Å². The Bertz CT molecular complexity index is 1060. The van der Waals surface area contributed by atoms with Crippen molar-refractivity contribution in [3.05, 3.63) is 46.9 Å². The van der Waals surface area contributed by atoms with Crippen molar-refractivity contribution in [1.82, 2.24) is 0 Å². The highest BCUT2D eigenvalue weighted by Crippen LogP contribution is 2.41. The van der Waals surface area contributed by atoms with Gasteiger partial charge < -0.3 is 42.6 Å². The van der Waals surface area contributed by atoms with Gasteiger partial charge in [0.15, 0.2) is 34.5 Å². The van der Waals surface area contributed by atoms with Crippen LogP contribution in [0.15, 0.2) is 35.8 Å². The highest BCUT2D eigenvalue weighted by Gasteiger charge is 2.41. The molecule has 37 heavy (non-hydrogen) atoms. The lowest BCUT2D eigenvalue weighted by Gasteiger charge is -2.35. The average Bonchev–Trinajstić information content (AvgIpc) is 2.90. The van der Waals surface area contributed by atoms with Crippen molar-refractivity contribution in [3.63, 3.8) is 0 Å². The molecule has 200 valence electrons. The van der Waals surface area contributed by atoms with Crippen LogP contribution in [-0.2, 0) is 19.0 Å². The molecule has 0 amide bonds. The fraction of sp³-hybridized carbons (Fsp3) is 0.370. The number of ketones is 1. The van der Waals surface area contributed by atoms with Crippen molar-refractivity contribution in [3.8, 4) is 34.5 Å². The maximum Gasteiger partial charge on any atom is 0.368 e. The molecule has 1 aliphatic heterocycles. The number of carbonyl (C=O) groups excluding carboxylic acids is 1. The molecule has 0 atom stereocenters. The smallest absolute Gasteiger partial charge is 0.368 e. The number of benzene rings is 2. The van der Waals surface area contributed by atoms with E-state index in [1.807, 2.05) is 0 Å². The van der Waals surface area contributed by atoms with Crippen molar-refractivity contribution in [1.29, 1.82) is 0 Å². The zero-order chi connectivity index (χ0) is 27.2. The number of rotatable bonds is 10. The van der Waals surface area contributed by atoms with E-state index in [1.165, 1.54) is 42.7 Å². The molecule has 1 aliphatic rings. The van der Waals surface area contributed by atoms with Gasteiger partial charge >= 0.3 is 5.97 Å². The van der Waals surface area contributed by atoms with Crippen LogP contribution in [0, 0.1) is 0 Å². The first-order valence-electron chi connectivity index (χ1n) is 11.4. The van der Waals surface area contributed by atoms with E-state index in [0.29, 0.717) is 45.6 Å². The Hall–Kier alpha value is -4.05. The van der Waals surface area contributed by atoms with E-state index in [2.05, 4.69) is 0 Å². The van der Waals surface area contributed by atoms with Gasteiger partial charge in [0.2, 0.25) is 11.5 Å². The maximum absolute atomic E-state index is 13.5. The molecule has 0 aromatic heterocycles. The van der Waals surface area contributed by atoms with Gasteiger partial charge in [-0.15, -0.1) is 0 Å². The standard InChI is InChI=1S/C27H32O10/c1-9-35-27(2)36-18(10-16-12-20(29-3)25(33-7)21(13-16)30-4)24(28)19(37-27)11-17-14-22(31-5)26(34-8)23(15-17)32-6/h10-15H,9H2,1-8H3. The van der Waals surface area contributed by atoms with E-state index >= 15 is 0 Å². The number of hydrogen-bond acceptors (Lipinski definition) is 10. The molecule has 0 bridgehead atoms. The predicted molar refractivity (Wildman–Crippen MR) is 135 cm³/mol. The highest BCUT2D eigenvalue weighted by molar-refractivity contribution is 6.11. The Balaban J connectivity index is 2.13. The Morgan fingerprint density at radius 3 is 1.30 bits per heavy atom. The molecule has 1 fully saturated rings. The first-order chi connectivity index (χ1) is 17.8. The van der Waals surface area contributed by atoms with Crippen LogP contribution in [0.5, 0.6) is 34.5 Å². The second kappa shape index (κ2) is 11.8. The molecule has 0 aliphatic carbocycles. The number of ether oxygens (including phenoxy) is 9. The lowest BCUT2D eigenvalue weighted by Crippen LogP contribution is -2.42. The summed E-state index contributed by atoms with van der Waals surface area (Å²) in [5, 5.41) is 0. The van der Waals surface area contributed by atoms with E-state index in [0.717, 1.165) is 0 Å². The number of methoxy groups -OCH3 is 6. The zero-order valence-corrected chi connectivity index (χ0v) is 22.3. The Morgan fingerprint density at radius 1 is 0.676 bits per heavy atom. The van der Waals surface area contributed by atoms with Gasteiger partial charge in [-0.3, -0.25) is 4.79 Å². The molecule has 0 saturated carbocycles. The molecule has 2 aromatic carbocycles. The monoisotopic (exact) mass is 516 g/mol. The summed E-state index contributed by atoms with van der Waals surface area (Å²) in [5.41, 5.74) is 1.15. The van der Waals surface area contributed by atoms with E-state index < -0.39 is 11.8 Å². The molecule has 0 unspecified atom stereocenters. The number of Topliss-reactive ketones (excluding diaryl/α,β-unsaturated/α-hetero) is 1. The van der Waals surface area contributed by atoms with Gasteiger partial charge in [0.05, 0.1) is 49.3 Å². The Morgan fingerprint density at radius 2 is 1.03 bits per heavy atom. The summed E-state index contributed by atoms with van der Waals surface area (Å²) in [4.78, 5) is 13.5. The van der Waals surface area contributed by atoms with Crippen LogP contribution in [0.4, 0.5) is 0 Å². The van der Waals surface area contributed by atoms with Crippen LogP contribution < -0.4 is 28.4 Å². The van der Waals surface area contributed by atoms with E-state index in [-0.39, 0.29) is 18.1 Å². The summed E-state index contributed by atoms with van der Waals surface area (Å²) in [6.45, 7) is 3.65. The fourth-order valence-corrected chi connectivity index (χ4v) is 3.82. The lowest BCUT2D eigenvalue weighted by atomic mass is 10.1. The van der Waals surface area contributed by atoms with Crippen LogP contribution in [-0.4, -0.2) is 61.0 Å². The summed E-state index contributed by atoms with van der Waals surface area (Å²) >= 11 is 0. The van der Waals surface area contributed by atoms with Crippen molar-refractivity contribution < 1.29 is 47.4 Å². The molecular weight excluding hydrogens is 484 g/mol. The quantitative estimate of drug-likeness (QED) is 0.421. The predicted octanol–water partition coefficient (Wildman–Crippen LogP) is 4.45. The van der Waals surface area contributed by atoms with Crippen LogP contribution in [0.1, 0.15) is 25.0 Å². The van der Waals surface area contributed by atoms with Crippen LogP contribution in [0.2, 0.25) is 0 Å². The summed E-state index contributed by atoms with van der Waals surface area (Å²) in [5.74, 6) is 0.486. The Labute approximate surface area is 216 Å². The molecule has 0 spiro atoms. The van der Waals surface area contributed by atoms with Crippen molar-refractivity contribution in [2.75, 3.05) is 49.3 Å². The van der Waals surface area contributed by atoms with Crippen LogP contribution in [0.3, 0.4) is 0 Å². The molecular formula is C27H32O10. The van der Waals surface area contributed by atoms with Crippen molar-refractivity contribution in [2.24, 2.45) is 0 Å². The number of hydrogen-bond donors (Lipinski definition) is 0. The maximum atomic E-state index is 13.5. The van der Waals surface area contributed by atoms with Gasteiger partial charge in [-0.1, -0.05) is 0 Å². The minimum absolute atomic E-state index is 0.00448. The zero-order valence-electron chi connectivity index (χ0n) is 22.3. The largest absolute Gasteiger partial charge is 0.493 e.